The third-order valence-electron chi connectivity index (χ3n) is 4.98. The summed E-state index contributed by atoms with van der Waals surface area (Å²) in [4.78, 5) is 25.7. The minimum Gasteiger partial charge on any atom is -0.466 e. The predicted molar refractivity (Wildman–Crippen MR) is 88.0 cm³/mol. The van der Waals surface area contributed by atoms with E-state index in [-0.39, 0.29) is 18.1 Å². The Morgan fingerprint density at radius 2 is 1.87 bits per heavy atom. The number of piperidine rings is 1. The van der Waals surface area contributed by atoms with Crippen LogP contribution in [0.25, 0.3) is 0 Å². The van der Waals surface area contributed by atoms with Crippen LogP contribution in [0.4, 0.5) is 4.79 Å². The van der Waals surface area contributed by atoms with Crippen LogP contribution in [0.15, 0.2) is 0 Å². The number of rotatable bonds is 3. The molecule has 0 N–H and O–H groups in total. The highest BCUT2D eigenvalue weighted by atomic mass is 16.6. The van der Waals surface area contributed by atoms with Gasteiger partial charge in [-0.05, 0) is 71.6 Å². The van der Waals surface area contributed by atoms with Gasteiger partial charge in [0, 0.05) is 19.0 Å². The van der Waals surface area contributed by atoms with Crippen molar-refractivity contribution in [3.05, 3.63) is 0 Å². The summed E-state index contributed by atoms with van der Waals surface area (Å²) in [6, 6.07) is 0.196. The van der Waals surface area contributed by atoms with Crippen molar-refractivity contribution in [2.75, 3.05) is 13.2 Å². The van der Waals surface area contributed by atoms with E-state index in [1.165, 1.54) is 0 Å². The molecule has 1 saturated carbocycles. The fourth-order valence-corrected chi connectivity index (χ4v) is 4.14. The standard InChI is InChI=1S/C18H31NO4/c1-6-22-15(20)9-14-11-18(12-14)7-8-19(13(2)10-18)16(21)23-17(3,4)5/h13-14H,6-12H2,1-5H3. The molecule has 1 unspecified atom stereocenters. The second-order valence-corrected chi connectivity index (χ2v) is 8.26. The van der Waals surface area contributed by atoms with Gasteiger partial charge in [0.1, 0.15) is 5.60 Å². The molecule has 2 aliphatic rings. The van der Waals surface area contributed by atoms with Gasteiger partial charge in [-0.15, -0.1) is 0 Å². The van der Waals surface area contributed by atoms with Gasteiger partial charge in [0.25, 0.3) is 0 Å². The molecule has 1 atom stereocenters. The van der Waals surface area contributed by atoms with Crippen LogP contribution in [0.3, 0.4) is 0 Å². The molecule has 0 aromatic rings. The normalized spacial score (nSPS) is 30.7. The predicted octanol–water partition coefficient (Wildman–Crippen LogP) is 3.76. The van der Waals surface area contributed by atoms with Gasteiger partial charge in [-0.25, -0.2) is 4.79 Å². The molecular weight excluding hydrogens is 294 g/mol. The zero-order valence-electron chi connectivity index (χ0n) is 15.2. The second-order valence-electron chi connectivity index (χ2n) is 8.26. The smallest absolute Gasteiger partial charge is 0.410 e. The Morgan fingerprint density at radius 1 is 1.22 bits per heavy atom. The van der Waals surface area contributed by atoms with Crippen molar-refractivity contribution in [3.63, 3.8) is 0 Å². The monoisotopic (exact) mass is 325 g/mol. The van der Waals surface area contributed by atoms with E-state index >= 15 is 0 Å². The Morgan fingerprint density at radius 3 is 2.39 bits per heavy atom. The summed E-state index contributed by atoms with van der Waals surface area (Å²) in [5.74, 6) is 0.376. The molecule has 5 nitrogen and oxygen atoms in total. The lowest BCUT2D eigenvalue weighted by atomic mass is 9.56. The molecule has 1 aliphatic heterocycles. The summed E-state index contributed by atoms with van der Waals surface area (Å²) in [7, 11) is 0. The fraction of sp³-hybridized carbons (Fsp3) is 0.889. The molecule has 1 spiro atoms. The molecule has 0 aromatic heterocycles. The Labute approximate surface area is 139 Å². The lowest BCUT2D eigenvalue weighted by Gasteiger charge is -2.54. The third-order valence-corrected chi connectivity index (χ3v) is 4.98. The number of nitrogens with zero attached hydrogens (tertiary/aromatic N) is 1. The second kappa shape index (κ2) is 6.70. The lowest BCUT2D eigenvalue weighted by molar-refractivity contribution is -0.147. The summed E-state index contributed by atoms with van der Waals surface area (Å²) in [5, 5.41) is 0. The van der Waals surface area contributed by atoms with Gasteiger partial charge in [0.2, 0.25) is 0 Å². The van der Waals surface area contributed by atoms with Crippen molar-refractivity contribution in [2.45, 2.75) is 78.4 Å². The van der Waals surface area contributed by atoms with Gasteiger partial charge in [-0.1, -0.05) is 0 Å². The molecule has 1 saturated heterocycles. The molecule has 1 heterocycles. The summed E-state index contributed by atoms with van der Waals surface area (Å²) in [6.45, 7) is 10.8. The molecule has 1 amide bonds. The maximum atomic E-state index is 12.3. The first kappa shape index (κ1) is 18.1. The van der Waals surface area contributed by atoms with E-state index in [0.717, 1.165) is 32.2 Å². The van der Waals surface area contributed by atoms with E-state index in [9.17, 15) is 9.59 Å². The Bertz CT molecular complexity index is 448. The zero-order chi connectivity index (χ0) is 17.3. The maximum Gasteiger partial charge on any atom is 0.410 e. The number of hydrogen-bond donors (Lipinski definition) is 0. The minimum absolute atomic E-state index is 0.0772. The van der Waals surface area contributed by atoms with Crippen molar-refractivity contribution in [2.24, 2.45) is 11.3 Å². The van der Waals surface area contributed by atoms with Crippen molar-refractivity contribution in [1.82, 2.24) is 4.90 Å². The van der Waals surface area contributed by atoms with Crippen LogP contribution >= 0.6 is 0 Å². The van der Waals surface area contributed by atoms with Gasteiger partial charge in [0.15, 0.2) is 0 Å². The molecule has 0 aromatic carbocycles. The molecule has 132 valence electrons. The summed E-state index contributed by atoms with van der Waals surface area (Å²) in [5.41, 5.74) is -0.137. The molecule has 2 fully saturated rings. The van der Waals surface area contributed by atoms with Crippen LogP contribution in [-0.2, 0) is 14.3 Å². The summed E-state index contributed by atoms with van der Waals surface area (Å²) >= 11 is 0. The average Bonchev–Trinajstić information content (AvgIpc) is 2.34. The number of carbonyl (C=O) groups excluding carboxylic acids is 2. The van der Waals surface area contributed by atoms with Gasteiger partial charge >= 0.3 is 12.1 Å². The Hall–Kier alpha value is -1.26. The van der Waals surface area contributed by atoms with Gasteiger partial charge in [0.05, 0.1) is 6.61 Å². The van der Waals surface area contributed by atoms with Crippen LogP contribution in [0.2, 0.25) is 0 Å². The summed E-state index contributed by atoms with van der Waals surface area (Å²) < 4.78 is 10.5. The number of ether oxygens (including phenoxy) is 2. The molecule has 23 heavy (non-hydrogen) atoms. The fourth-order valence-electron chi connectivity index (χ4n) is 4.14. The summed E-state index contributed by atoms with van der Waals surface area (Å²) in [6.07, 6.45) is 4.51. The van der Waals surface area contributed by atoms with E-state index in [0.29, 0.717) is 24.4 Å². The van der Waals surface area contributed by atoms with Crippen molar-refractivity contribution in [1.29, 1.82) is 0 Å². The number of esters is 1. The SMILES string of the molecule is CCOC(=O)CC1CC2(CCN(C(=O)OC(C)(C)C)C(C)C2)C1. The van der Waals surface area contributed by atoms with Crippen LogP contribution < -0.4 is 0 Å². The largest absolute Gasteiger partial charge is 0.466 e. The van der Waals surface area contributed by atoms with Gasteiger partial charge < -0.3 is 14.4 Å². The first-order valence-corrected chi connectivity index (χ1v) is 8.79. The quantitative estimate of drug-likeness (QED) is 0.742. The zero-order valence-corrected chi connectivity index (χ0v) is 15.2. The molecule has 0 radical (unpaired) electrons. The molecule has 1 aliphatic carbocycles. The van der Waals surface area contributed by atoms with Crippen molar-refractivity contribution in [3.8, 4) is 0 Å². The number of carbonyl (C=O) groups is 2. The van der Waals surface area contributed by atoms with E-state index in [1.54, 1.807) is 0 Å². The third kappa shape index (κ3) is 4.61. The van der Waals surface area contributed by atoms with Crippen LogP contribution in [0.1, 0.15) is 66.7 Å². The van der Waals surface area contributed by atoms with Crippen molar-refractivity contribution < 1.29 is 19.1 Å². The molecule has 5 heteroatoms. The molecular formula is C18H31NO4. The van der Waals surface area contributed by atoms with Crippen molar-refractivity contribution >= 4 is 12.1 Å². The van der Waals surface area contributed by atoms with E-state index < -0.39 is 5.60 Å². The van der Waals surface area contributed by atoms with Gasteiger partial charge in [-0.2, -0.15) is 0 Å². The molecule has 2 rings (SSSR count). The number of likely N-dealkylation sites (tertiary alicyclic amines) is 1. The highest BCUT2D eigenvalue weighted by Gasteiger charge is 2.49. The van der Waals surface area contributed by atoms with E-state index in [1.807, 2.05) is 32.6 Å². The van der Waals surface area contributed by atoms with Crippen LogP contribution in [0.5, 0.6) is 0 Å². The highest BCUT2D eigenvalue weighted by molar-refractivity contribution is 5.70. The number of hydrogen-bond acceptors (Lipinski definition) is 4. The lowest BCUT2D eigenvalue weighted by Crippen LogP contribution is -2.53. The average molecular weight is 325 g/mol. The highest BCUT2D eigenvalue weighted by Crippen LogP contribution is 2.55. The van der Waals surface area contributed by atoms with E-state index in [4.69, 9.17) is 9.47 Å². The first-order chi connectivity index (χ1) is 10.6. The Balaban J connectivity index is 1.81. The molecule has 0 bridgehead atoms. The topological polar surface area (TPSA) is 55.8 Å². The minimum atomic E-state index is -0.451. The maximum absolute atomic E-state index is 12.3. The first-order valence-electron chi connectivity index (χ1n) is 8.79. The Kier molecular flexibility index (Phi) is 5.27. The van der Waals surface area contributed by atoms with E-state index in [2.05, 4.69) is 6.92 Å². The number of amides is 1. The van der Waals surface area contributed by atoms with Crippen LogP contribution in [-0.4, -0.2) is 41.8 Å². The van der Waals surface area contributed by atoms with Gasteiger partial charge in [-0.3, -0.25) is 4.79 Å². The van der Waals surface area contributed by atoms with Crippen LogP contribution in [0, 0.1) is 11.3 Å².